The van der Waals surface area contributed by atoms with Crippen LogP contribution in [0.25, 0.3) is 22.9 Å². The maximum absolute atomic E-state index is 9.34. The Morgan fingerprint density at radius 3 is 3.00 bits per heavy atom. The first-order valence-electron chi connectivity index (χ1n) is 8.09. The van der Waals surface area contributed by atoms with E-state index in [1.807, 2.05) is 13.1 Å². The van der Waals surface area contributed by atoms with Crippen molar-refractivity contribution in [2.45, 2.75) is 26.4 Å². The number of hydrogen-bond donors (Lipinski definition) is 3. The van der Waals surface area contributed by atoms with Gasteiger partial charge in [-0.2, -0.15) is 10.2 Å². The van der Waals surface area contributed by atoms with Crippen LogP contribution in [0.2, 0.25) is 0 Å². The van der Waals surface area contributed by atoms with Crippen LogP contribution in [0, 0.1) is 6.92 Å². The highest BCUT2D eigenvalue weighted by molar-refractivity contribution is 5.60. The van der Waals surface area contributed by atoms with E-state index in [0.29, 0.717) is 18.2 Å². The molecule has 0 atom stereocenters. The molecule has 0 saturated carbocycles. The number of aryl methyl sites for hydroxylation is 1. The molecular weight excluding hydrogens is 308 g/mol. The van der Waals surface area contributed by atoms with Gasteiger partial charge < -0.3 is 15.0 Å². The maximum atomic E-state index is 9.34. The van der Waals surface area contributed by atoms with Crippen molar-refractivity contribution in [3.8, 4) is 22.9 Å². The third-order valence-corrected chi connectivity index (χ3v) is 4.20. The summed E-state index contributed by atoms with van der Waals surface area (Å²) in [4.78, 5) is 9.39. The Labute approximate surface area is 138 Å². The average Bonchev–Trinajstić information content (AvgIpc) is 3.24. The molecule has 0 amide bonds. The number of imidazole rings is 1. The van der Waals surface area contributed by atoms with E-state index in [2.05, 4.69) is 30.2 Å². The predicted molar refractivity (Wildman–Crippen MR) is 87.2 cm³/mol. The van der Waals surface area contributed by atoms with E-state index in [0.717, 1.165) is 48.8 Å². The minimum atomic E-state index is -0.00233. The topological polar surface area (TPSA) is 109 Å². The molecule has 3 aromatic heterocycles. The summed E-state index contributed by atoms with van der Waals surface area (Å²) in [6, 6.07) is 0. The molecule has 9 heteroatoms. The Balaban J connectivity index is 1.77. The number of nitrogens with one attached hydrogen (secondary N) is 2. The first-order valence-corrected chi connectivity index (χ1v) is 8.09. The zero-order valence-electron chi connectivity index (χ0n) is 13.5. The molecule has 0 fully saturated rings. The summed E-state index contributed by atoms with van der Waals surface area (Å²) in [7, 11) is 0. The molecule has 126 valence electrons. The van der Waals surface area contributed by atoms with Gasteiger partial charge in [0, 0.05) is 37.9 Å². The predicted octanol–water partition coefficient (Wildman–Crippen LogP) is -0.0219. The minimum absolute atomic E-state index is 0.00233. The molecule has 0 spiro atoms. The number of fused-ring (bicyclic) bond motifs is 1. The van der Waals surface area contributed by atoms with Gasteiger partial charge in [-0.1, -0.05) is 0 Å². The van der Waals surface area contributed by atoms with Crippen molar-refractivity contribution in [3.05, 3.63) is 23.9 Å². The zero-order valence-corrected chi connectivity index (χ0v) is 13.5. The lowest BCUT2D eigenvalue weighted by Crippen LogP contribution is -2.17. The SMILES string of the molecule is Cc1[nH]ncc1-c1nc(-c2cn3c(n2)CCNCC3)n(CCO)n1. The van der Waals surface area contributed by atoms with Gasteiger partial charge in [-0.25, -0.2) is 14.6 Å². The largest absolute Gasteiger partial charge is 0.394 e. The van der Waals surface area contributed by atoms with Crippen molar-refractivity contribution in [2.75, 3.05) is 19.7 Å². The summed E-state index contributed by atoms with van der Waals surface area (Å²) in [5, 5.41) is 24.2. The molecule has 1 aliphatic rings. The molecule has 0 saturated heterocycles. The minimum Gasteiger partial charge on any atom is -0.394 e. The van der Waals surface area contributed by atoms with Crippen molar-refractivity contribution in [3.63, 3.8) is 0 Å². The van der Waals surface area contributed by atoms with E-state index < -0.39 is 0 Å². The zero-order chi connectivity index (χ0) is 16.5. The van der Waals surface area contributed by atoms with Crippen LogP contribution in [0.5, 0.6) is 0 Å². The molecule has 0 aromatic carbocycles. The molecule has 3 aromatic rings. The fourth-order valence-corrected chi connectivity index (χ4v) is 2.95. The molecule has 3 N–H and O–H groups in total. The van der Waals surface area contributed by atoms with E-state index in [-0.39, 0.29) is 6.61 Å². The van der Waals surface area contributed by atoms with E-state index >= 15 is 0 Å². The second kappa shape index (κ2) is 6.17. The number of hydrogen-bond acceptors (Lipinski definition) is 6. The lowest BCUT2D eigenvalue weighted by atomic mass is 10.2. The van der Waals surface area contributed by atoms with E-state index in [9.17, 15) is 5.11 Å². The molecule has 1 aliphatic heterocycles. The van der Waals surface area contributed by atoms with Gasteiger partial charge in [0.2, 0.25) is 0 Å². The first kappa shape index (κ1) is 15.0. The summed E-state index contributed by atoms with van der Waals surface area (Å²) in [6.07, 6.45) is 4.62. The van der Waals surface area contributed by atoms with Crippen molar-refractivity contribution in [1.82, 2.24) is 39.8 Å². The molecule has 24 heavy (non-hydrogen) atoms. The van der Waals surface area contributed by atoms with Crippen LogP contribution in [0.3, 0.4) is 0 Å². The fourth-order valence-electron chi connectivity index (χ4n) is 2.95. The summed E-state index contributed by atoms with van der Waals surface area (Å²) >= 11 is 0. The van der Waals surface area contributed by atoms with Gasteiger partial charge in [0.25, 0.3) is 0 Å². The lowest BCUT2D eigenvalue weighted by Gasteiger charge is -2.01. The number of H-pyrrole nitrogens is 1. The third kappa shape index (κ3) is 2.61. The van der Waals surface area contributed by atoms with Crippen LogP contribution in [-0.4, -0.2) is 59.3 Å². The smallest absolute Gasteiger partial charge is 0.185 e. The summed E-state index contributed by atoms with van der Waals surface area (Å²) < 4.78 is 3.87. The Morgan fingerprint density at radius 1 is 1.29 bits per heavy atom. The molecule has 9 nitrogen and oxygen atoms in total. The monoisotopic (exact) mass is 328 g/mol. The Kier molecular flexibility index (Phi) is 3.87. The summed E-state index contributed by atoms with van der Waals surface area (Å²) in [5.41, 5.74) is 2.56. The van der Waals surface area contributed by atoms with Crippen LogP contribution in [0.1, 0.15) is 11.5 Å². The second-order valence-electron chi connectivity index (χ2n) is 5.85. The van der Waals surface area contributed by atoms with Crippen molar-refractivity contribution >= 4 is 0 Å². The highest BCUT2D eigenvalue weighted by atomic mass is 16.3. The van der Waals surface area contributed by atoms with Crippen LogP contribution >= 0.6 is 0 Å². The van der Waals surface area contributed by atoms with Gasteiger partial charge in [-0.15, -0.1) is 0 Å². The average molecular weight is 328 g/mol. The molecule has 4 heterocycles. The molecule has 4 rings (SSSR count). The van der Waals surface area contributed by atoms with Crippen molar-refractivity contribution in [1.29, 1.82) is 0 Å². The van der Waals surface area contributed by atoms with Gasteiger partial charge in [0.05, 0.1) is 24.9 Å². The number of aliphatic hydroxyl groups is 1. The maximum Gasteiger partial charge on any atom is 0.185 e. The van der Waals surface area contributed by atoms with Crippen molar-refractivity contribution in [2.24, 2.45) is 0 Å². The van der Waals surface area contributed by atoms with Crippen LogP contribution < -0.4 is 5.32 Å². The number of nitrogens with zero attached hydrogens (tertiary/aromatic N) is 6. The van der Waals surface area contributed by atoms with Crippen LogP contribution in [-0.2, 0) is 19.5 Å². The summed E-state index contributed by atoms with van der Waals surface area (Å²) in [5.74, 6) is 2.32. The first-order chi connectivity index (χ1) is 11.8. The Hall–Kier alpha value is -2.52. The third-order valence-electron chi connectivity index (χ3n) is 4.20. The van der Waals surface area contributed by atoms with E-state index in [1.54, 1.807) is 10.9 Å². The Bertz CT molecular complexity index is 822. The van der Waals surface area contributed by atoms with E-state index in [4.69, 9.17) is 4.98 Å². The summed E-state index contributed by atoms with van der Waals surface area (Å²) in [6.45, 7) is 5.07. The molecule has 0 bridgehead atoms. The van der Waals surface area contributed by atoms with Gasteiger partial charge in [0.1, 0.15) is 11.5 Å². The lowest BCUT2D eigenvalue weighted by molar-refractivity contribution is 0.270. The molecule has 0 unspecified atom stereocenters. The Morgan fingerprint density at radius 2 is 2.21 bits per heavy atom. The normalized spacial score (nSPS) is 14.6. The molecular formula is C15H20N8O. The fraction of sp³-hybridized carbons (Fsp3) is 0.467. The standard InChI is InChI=1S/C15H20N8O/c1-10-11(8-17-20-10)14-19-15(23(21-14)6-7-24)12-9-22-5-4-16-3-2-13(22)18-12/h8-9,16,24H,2-7H2,1H3,(H,17,20). The van der Waals surface area contributed by atoms with Gasteiger partial charge >= 0.3 is 0 Å². The highest BCUT2D eigenvalue weighted by Gasteiger charge is 2.19. The van der Waals surface area contributed by atoms with Gasteiger partial charge in [0.15, 0.2) is 11.6 Å². The highest BCUT2D eigenvalue weighted by Crippen LogP contribution is 2.23. The number of aromatic amines is 1. The van der Waals surface area contributed by atoms with Crippen molar-refractivity contribution < 1.29 is 5.11 Å². The number of aromatic nitrogens is 7. The second-order valence-corrected chi connectivity index (χ2v) is 5.85. The van der Waals surface area contributed by atoms with E-state index in [1.165, 1.54) is 0 Å². The van der Waals surface area contributed by atoms with Crippen LogP contribution in [0.4, 0.5) is 0 Å². The van der Waals surface area contributed by atoms with Gasteiger partial charge in [-0.3, -0.25) is 5.10 Å². The molecule has 0 radical (unpaired) electrons. The molecule has 0 aliphatic carbocycles. The number of rotatable bonds is 4. The quantitative estimate of drug-likeness (QED) is 0.621. The van der Waals surface area contributed by atoms with Gasteiger partial charge in [-0.05, 0) is 6.92 Å². The van der Waals surface area contributed by atoms with Crippen LogP contribution in [0.15, 0.2) is 12.4 Å². The number of aliphatic hydroxyl groups excluding tert-OH is 1.